The number of nitrogens with one attached hydrogen (secondary N) is 1. The molecule has 0 amide bonds. The van der Waals surface area contributed by atoms with Crippen LogP contribution in [-0.2, 0) is 4.74 Å². The molecule has 31 heavy (non-hydrogen) atoms. The second kappa shape index (κ2) is 7.71. The molecule has 0 aliphatic heterocycles. The van der Waals surface area contributed by atoms with Gasteiger partial charge in [0.05, 0.1) is 29.0 Å². The third-order valence-electron chi connectivity index (χ3n) is 4.87. The van der Waals surface area contributed by atoms with Crippen molar-refractivity contribution in [2.75, 3.05) is 11.9 Å². The van der Waals surface area contributed by atoms with Gasteiger partial charge in [0, 0.05) is 11.1 Å². The number of para-hydroxylation sites is 1. The van der Waals surface area contributed by atoms with Crippen molar-refractivity contribution in [1.29, 1.82) is 0 Å². The van der Waals surface area contributed by atoms with Crippen LogP contribution in [0.15, 0.2) is 48.5 Å². The Kier molecular flexibility index (Phi) is 5.06. The van der Waals surface area contributed by atoms with Crippen LogP contribution in [0.4, 0.5) is 24.5 Å². The molecule has 0 bridgehead atoms. The fraction of sp³-hybridized carbons (Fsp3) is 0.0870. The van der Waals surface area contributed by atoms with E-state index in [9.17, 15) is 23.2 Å². The van der Waals surface area contributed by atoms with Crippen LogP contribution in [0.1, 0.15) is 49.1 Å². The predicted octanol–water partition coefficient (Wildman–Crippen LogP) is 4.80. The quantitative estimate of drug-likeness (QED) is 0.376. The lowest BCUT2D eigenvalue weighted by Crippen LogP contribution is -2.25. The predicted molar refractivity (Wildman–Crippen MR) is 105 cm³/mol. The summed E-state index contributed by atoms with van der Waals surface area (Å²) in [6, 6.07) is 11.2. The number of hydrogen-bond donors (Lipinski definition) is 1. The summed E-state index contributed by atoms with van der Waals surface area (Å²) in [6.45, 7) is 1.66. The zero-order valence-electron chi connectivity index (χ0n) is 16.1. The topological polar surface area (TPSA) is 72.5 Å². The van der Waals surface area contributed by atoms with E-state index in [1.807, 2.05) is 0 Å². The summed E-state index contributed by atoms with van der Waals surface area (Å²) in [6.07, 6.45) is 0. The molecule has 3 aromatic carbocycles. The van der Waals surface area contributed by atoms with Crippen molar-refractivity contribution in [2.24, 2.45) is 0 Å². The number of esters is 1. The summed E-state index contributed by atoms with van der Waals surface area (Å²) in [4.78, 5) is 37.6. The molecule has 1 N–H and O–H groups in total. The lowest BCUT2D eigenvalue weighted by Gasteiger charge is -2.21. The van der Waals surface area contributed by atoms with E-state index < -0.39 is 51.8 Å². The number of hydrogen-bond acceptors (Lipinski definition) is 5. The van der Waals surface area contributed by atoms with Crippen LogP contribution in [0, 0.1) is 17.5 Å². The van der Waals surface area contributed by atoms with E-state index in [1.54, 1.807) is 6.92 Å². The molecule has 0 heterocycles. The van der Waals surface area contributed by atoms with E-state index >= 15 is 4.39 Å². The monoisotopic (exact) mass is 425 g/mol. The number of ether oxygens (including phenoxy) is 1. The summed E-state index contributed by atoms with van der Waals surface area (Å²) in [5.74, 6) is -7.46. The average molecular weight is 425 g/mol. The zero-order chi connectivity index (χ0) is 22.3. The lowest BCUT2D eigenvalue weighted by atomic mass is 9.83. The Bertz CT molecular complexity index is 1270. The van der Waals surface area contributed by atoms with E-state index in [0.717, 1.165) is 0 Å². The normalized spacial score (nSPS) is 12.3. The second-order valence-electron chi connectivity index (χ2n) is 6.66. The molecule has 3 aromatic rings. The molecular weight excluding hydrogens is 411 g/mol. The highest BCUT2D eigenvalue weighted by Gasteiger charge is 2.38. The van der Waals surface area contributed by atoms with Gasteiger partial charge in [-0.15, -0.1) is 0 Å². The SMILES string of the molecule is CCOC(=O)c1ccccc1Nc1c(F)c(F)c2c(c1F)C(=O)c1ccccc1C2=O. The van der Waals surface area contributed by atoms with Gasteiger partial charge >= 0.3 is 5.97 Å². The molecule has 0 unspecified atom stereocenters. The fourth-order valence-corrected chi connectivity index (χ4v) is 3.46. The minimum atomic E-state index is -1.68. The van der Waals surface area contributed by atoms with Crippen LogP contribution in [0.3, 0.4) is 0 Å². The summed E-state index contributed by atoms with van der Waals surface area (Å²) >= 11 is 0. The van der Waals surface area contributed by atoms with Crippen LogP contribution in [0.2, 0.25) is 0 Å². The van der Waals surface area contributed by atoms with Crippen molar-refractivity contribution in [3.8, 4) is 0 Å². The van der Waals surface area contributed by atoms with Crippen molar-refractivity contribution < 1.29 is 32.3 Å². The molecule has 8 heteroatoms. The first-order valence-electron chi connectivity index (χ1n) is 9.28. The third kappa shape index (κ3) is 3.16. The first-order valence-corrected chi connectivity index (χ1v) is 9.28. The van der Waals surface area contributed by atoms with E-state index in [0.29, 0.717) is 0 Å². The first-order chi connectivity index (χ1) is 14.9. The van der Waals surface area contributed by atoms with Crippen LogP contribution < -0.4 is 5.32 Å². The third-order valence-corrected chi connectivity index (χ3v) is 4.87. The minimum absolute atomic E-state index is 0.0472. The van der Waals surface area contributed by atoms with E-state index in [-0.39, 0.29) is 29.0 Å². The standard InChI is InChI=1S/C23H14F3NO4/c1-2-31-23(30)13-9-5-6-10-14(13)27-20-18(25)16-15(17(24)19(20)26)21(28)11-7-3-4-8-12(11)22(16)29/h3-10,27H,2H2,1H3. The fourth-order valence-electron chi connectivity index (χ4n) is 3.46. The van der Waals surface area contributed by atoms with Gasteiger partial charge < -0.3 is 10.1 Å². The van der Waals surface area contributed by atoms with Gasteiger partial charge in [-0.25, -0.2) is 18.0 Å². The van der Waals surface area contributed by atoms with Crippen molar-refractivity contribution >= 4 is 28.9 Å². The summed E-state index contributed by atoms with van der Waals surface area (Å²) in [7, 11) is 0. The summed E-state index contributed by atoms with van der Waals surface area (Å²) in [5.41, 5.74) is -3.16. The molecule has 5 nitrogen and oxygen atoms in total. The Morgan fingerprint density at radius 3 is 2.00 bits per heavy atom. The Labute approximate surface area is 174 Å². The van der Waals surface area contributed by atoms with Crippen molar-refractivity contribution in [1.82, 2.24) is 0 Å². The van der Waals surface area contributed by atoms with Gasteiger partial charge in [-0.05, 0) is 19.1 Å². The van der Waals surface area contributed by atoms with Crippen LogP contribution in [-0.4, -0.2) is 24.1 Å². The second-order valence-corrected chi connectivity index (χ2v) is 6.66. The van der Waals surface area contributed by atoms with Crippen molar-refractivity contribution in [2.45, 2.75) is 6.92 Å². The van der Waals surface area contributed by atoms with Gasteiger partial charge in [-0.1, -0.05) is 36.4 Å². The minimum Gasteiger partial charge on any atom is -0.462 e. The van der Waals surface area contributed by atoms with Crippen molar-refractivity contribution in [3.63, 3.8) is 0 Å². The highest BCUT2D eigenvalue weighted by molar-refractivity contribution is 6.28. The molecule has 156 valence electrons. The number of carbonyl (C=O) groups is 3. The number of anilines is 2. The van der Waals surface area contributed by atoms with Gasteiger partial charge in [-0.3, -0.25) is 9.59 Å². The molecule has 0 aromatic heterocycles. The van der Waals surface area contributed by atoms with Crippen LogP contribution in [0.5, 0.6) is 0 Å². The largest absolute Gasteiger partial charge is 0.462 e. The molecule has 4 rings (SSSR count). The van der Waals surface area contributed by atoms with Crippen LogP contribution in [0.25, 0.3) is 0 Å². The number of halogens is 3. The summed E-state index contributed by atoms with van der Waals surface area (Å²) < 4.78 is 49.9. The summed E-state index contributed by atoms with van der Waals surface area (Å²) in [5, 5.41) is 2.34. The number of carbonyl (C=O) groups excluding carboxylic acids is 3. The Hall–Kier alpha value is -3.94. The highest BCUT2D eigenvalue weighted by atomic mass is 19.2. The maximum atomic E-state index is 15.3. The Balaban J connectivity index is 1.89. The Morgan fingerprint density at radius 2 is 1.39 bits per heavy atom. The molecule has 0 atom stereocenters. The van der Waals surface area contributed by atoms with E-state index in [2.05, 4.69) is 5.32 Å². The molecule has 0 saturated heterocycles. The number of ketones is 2. The molecule has 1 aliphatic rings. The van der Waals surface area contributed by atoms with Crippen molar-refractivity contribution in [3.05, 3.63) is 93.8 Å². The molecular formula is C23H14F3NO4. The van der Waals surface area contributed by atoms with Gasteiger partial charge in [0.1, 0.15) is 5.69 Å². The first kappa shape index (κ1) is 20.3. The maximum absolute atomic E-state index is 15.3. The molecule has 0 fully saturated rings. The van der Waals surface area contributed by atoms with Gasteiger partial charge in [-0.2, -0.15) is 0 Å². The lowest BCUT2D eigenvalue weighted by molar-refractivity contribution is 0.0527. The van der Waals surface area contributed by atoms with Gasteiger partial charge in [0.25, 0.3) is 0 Å². The smallest absolute Gasteiger partial charge is 0.340 e. The van der Waals surface area contributed by atoms with E-state index in [4.69, 9.17) is 4.74 Å². The number of fused-ring (bicyclic) bond motifs is 2. The molecule has 1 aliphatic carbocycles. The molecule has 0 radical (unpaired) electrons. The zero-order valence-corrected chi connectivity index (χ0v) is 16.1. The maximum Gasteiger partial charge on any atom is 0.340 e. The molecule has 0 spiro atoms. The Morgan fingerprint density at radius 1 is 0.839 bits per heavy atom. The van der Waals surface area contributed by atoms with Gasteiger partial charge in [0.2, 0.25) is 0 Å². The van der Waals surface area contributed by atoms with Crippen LogP contribution >= 0.6 is 0 Å². The highest BCUT2D eigenvalue weighted by Crippen LogP contribution is 2.37. The van der Waals surface area contributed by atoms with Gasteiger partial charge in [0.15, 0.2) is 29.0 Å². The molecule has 0 saturated carbocycles. The number of benzene rings is 3. The van der Waals surface area contributed by atoms with E-state index in [1.165, 1.54) is 48.5 Å². The number of rotatable bonds is 4. The average Bonchev–Trinajstić information content (AvgIpc) is 2.78.